The number of carbonyl (C=O) groups is 2. The molecule has 0 unspecified atom stereocenters. The lowest BCUT2D eigenvalue weighted by atomic mass is 9.80. The Bertz CT molecular complexity index is 911. The fourth-order valence-electron chi connectivity index (χ4n) is 5.89. The van der Waals surface area contributed by atoms with E-state index in [1.54, 1.807) is 11.3 Å². The van der Waals surface area contributed by atoms with Crippen LogP contribution in [-0.4, -0.2) is 28.8 Å². The fraction of sp³-hybridized carbons (Fsp3) is 0.538. The molecule has 5 heteroatoms. The molecule has 2 aliphatic carbocycles. The predicted octanol–water partition coefficient (Wildman–Crippen LogP) is 5.81. The van der Waals surface area contributed by atoms with Crippen LogP contribution in [-0.2, 0) is 4.79 Å². The molecule has 1 aromatic carbocycles. The summed E-state index contributed by atoms with van der Waals surface area (Å²) in [7, 11) is 0. The largest absolute Gasteiger partial charge is 0.353 e. The number of nitrogens with one attached hydrogen (secondary N) is 1. The normalized spacial score (nSPS) is 25.3. The van der Waals surface area contributed by atoms with Crippen molar-refractivity contribution in [2.75, 3.05) is 0 Å². The zero-order valence-corrected chi connectivity index (χ0v) is 18.9. The van der Waals surface area contributed by atoms with Crippen molar-refractivity contribution in [3.05, 3.63) is 57.8 Å². The quantitative estimate of drug-likeness (QED) is 0.615. The minimum absolute atomic E-state index is 0.0910. The molecule has 0 bridgehead atoms. The van der Waals surface area contributed by atoms with E-state index in [0.29, 0.717) is 5.56 Å². The molecule has 2 fully saturated rings. The lowest BCUT2D eigenvalue weighted by molar-refractivity contribution is -0.125. The number of thiophene rings is 1. The lowest BCUT2D eigenvalue weighted by Gasteiger charge is -2.44. The second kappa shape index (κ2) is 9.15. The first-order valence-electron chi connectivity index (χ1n) is 12.0. The van der Waals surface area contributed by atoms with Crippen LogP contribution < -0.4 is 5.32 Å². The second-order valence-electron chi connectivity index (χ2n) is 9.37. The van der Waals surface area contributed by atoms with Crippen molar-refractivity contribution in [2.45, 2.75) is 88.3 Å². The van der Waals surface area contributed by atoms with Gasteiger partial charge in [-0.25, -0.2) is 0 Å². The Balaban J connectivity index is 1.56. The third-order valence-electron chi connectivity index (χ3n) is 7.41. The van der Waals surface area contributed by atoms with Crippen LogP contribution >= 0.6 is 11.3 Å². The van der Waals surface area contributed by atoms with Crippen molar-refractivity contribution in [3.63, 3.8) is 0 Å². The maximum absolute atomic E-state index is 13.9. The molecule has 1 aliphatic heterocycles. The summed E-state index contributed by atoms with van der Waals surface area (Å²) < 4.78 is 0. The first-order valence-corrected chi connectivity index (χ1v) is 12.9. The lowest BCUT2D eigenvalue weighted by Crippen LogP contribution is -2.51. The summed E-state index contributed by atoms with van der Waals surface area (Å²) in [6.45, 7) is 0. The molecule has 2 amide bonds. The van der Waals surface area contributed by atoms with Crippen LogP contribution in [0, 0.1) is 0 Å². The average molecular weight is 437 g/mol. The van der Waals surface area contributed by atoms with Crippen molar-refractivity contribution >= 4 is 23.2 Å². The van der Waals surface area contributed by atoms with Gasteiger partial charge in [0.15, 0.2) is 0 Å². The zero-order chi connectivity index (χ0) is 21.2. The van der Waals surface area contributed by atoms with Crippen molar-refractivity contribution in [3.8, 4) is 0 Å². The average Bonchev–Trinajstić information content (AvgIpc) is 3.45. The Morgan fingerprint density at radius 1 is 0.903 bits per heavy atom. The molecule has 31 heavy (non-hydrogen) atoms. The summed E-state index contributed by atoms with van der Waals surface area (Å²) in [4.78, 5) is 30.8. The van der Waals surface area contributed by atoms with Gasteiger partial charge in [0.25, 0.3) is 5.91 Å². The highest BCUT2D eigenvalue weighted by molar-refractivity contribution is 7.10. The van der Waals surface area contributed by atoms with Gasteiger partial charge in [0.2, 0.25) is 5.91 Å². The van der Waals surface area contributed by atoms with Crippen LogP contribution in [0.15, 0.2) is 41.8 Å². The van der Waals surface area contributed by atoms with E-state index in [9.17, 15) is 9.59 Å². The van der Waals surface area contributed by atoms with E-state index >= 15 is 0 Å². The molecular weight excluding hydrogens is 404 g/mol. The van der Waals surface area contributed by atoms with Gasteiger partial charge in [0.05, 0.1) is 12.0 Å². The molecule has 2 aromatic rings. The molecule has 4 nitrogen and oxygen atoms in total. The van der Waals surface area contributed by atoms with Crippen molar-refractivity contribution in [1.82, 2.24) is 10.2 Å². The topological polar surface area (TPSA) is 49.4 Å². The van der Waals surface area contributed by atoms with Gasteiger partial charge >= 0.3 is 0 Å². The van der Waals surface area contributed by atoms with E-state index in [2.05, 4.69) is 21.7 Å². The minimum Gasteiger partial charge on any atom is -0.353 e. The Morgan fingerprint density at radius 3 is 2.32 bits per heavy atom. The molecule has 5 rings (SSSR count). The Morgan fingerprint density at radius 2 is 1.61 bits per heavy atom. The molecule has 0 radical (unpaired) electrons. The molecule has 0 saturated heterocycles. The van der Waals surface area contributed by atoms with Gasteiger partial charge in [-0.3, -0.25) is 9.59 Å². The Hall–Kier alpha value is -2.14. The van der Waals surface area contributed by atoms with Crippen LogP contribution in [0.2, 0.25) is 0 Å². The molecule has 3 aliphatic rings. The smallest absolute Gasteiger partial charge is 0.254 e. The second-order valence-corrected chi connectivity index (χ2v) is 10.4. The van der Waals surface area contributed by atoms with Crippen LogP contribution in [0.5, 0.6) is 0 Å². The predicted molar refractivity (Wildman–Crippen MR) is 124 cm³/mol. The number of carbonyl (C=O) groups excluding carboxylic acids is 2. The van der Waals surface area contributed by atoms with Gasteiger partial charge in [0.1, 0.15) is 0 Å². The van der Waals surface area contributed by atoms with Crippen LogP contribution in [0.3, 0.4) is 0 Å². The Labute approximate surface area is 189 Å². The van der Waals surface area contributed by atoms with Crippen molar-refractivity contribution < 1.29 is 9.59 Å². The molecule has 2 atom stereocenters. The van der Waals surface area contributed by atoms with Gasteiger partial charge in [0, 0.05) is 22.5 Å². The molecular formula is C26H32N2O2S. The highest BCUT2D eigenvalue weighted by atomic mass is 32.1. The van der Waals surface area contributed by atoms with Gasteiger partial charge in [-0.15, -0.1) is 11.3 Å². The number of hydrogen-bond donors (Lipinski definition) is 1. The van der Waals surface area contributed by atoms with Gasteiger partial charge in [-0.2, -0.15) is 0 Å². The monoisotopic (exact) mass is 436 g/mol. The van der Waals surface area contributed by atoms with Crippen molar-refractivity contribution in [1.29, 1.82) is 0 Å². The Kier molecular flexibility index (Phi) is 6.13. The van der Waals surface area contributed by atoms with E-state index in [-0.39, 0.29) is 35.9 Å². The van der Waals surface area contributed by atoms with E-state index < -0.39 is 0 Å². The molecule has 1 aromatic heterocycles. The van der Waals surface area contributed by atoms with Gasteiger partial charge in [-0.05, 0) is 48.8 Å². The van der Waals surface area contributed by atoms with E-state index in [1.807, 2.05) is 30.3 Å². The highest BCUT2D eigenvalue weighted by Gasteiger charge is 2.47. The maximum atomic E-state index is 13.9. The van der Waals surface area contributed by atoms with Crippen LogP contribution in [0.25, 0.3) is 0 Å². The standard InChI is InChI=1S/C26H32N2O2S/c29-25(27-18-10-3-1-2-4-11-18)23-20-14-7-8-15-21(20)26(30)28(19-12-5-6-13-19)24(23)22-16-9-17-31-22/h7-9,14-19,23-24H,1-6,10-13H2,(H,27,29)/t23-,24+/m1/s1. The molecule has 1 N–H and O–H groups in total. The number of rotatable bonds is 4. The summed E-state index contributed by atoms with van der Waals surface area (Å²) in [5, 5.41) is 5.48. The number of nitrogens with zero attached hydrogens (tertiary/aromatic N) is 1. The molecule has 0 spiro atoms. The third kappa shape index (κ3) is 4.05. The molecule has 164 valence electrons. The summed E-state index contributed by atoms with van der Waals surface area (Å²) in [5.41, 5.74) is 1.61. The first-order chi connectivity index (χ1) is 15.2. The highest BCUT2D eigenvalue weighted by Crippen LogP contribution is 2.47. The van der Waals surface area contributed by atoms with Crippen LogP contribution in [0.4, 0.5) is 0 Å². The third-order valence-corrected chi connectivity index (χ3v) is 8.36. The fourth-order valence-corrected chi connectivity index (χ4v) is 6.76. The molecule has 2 saturated carbocycles. The van der Waals surface area contributed by atoms with Gasteiger partial charge in [-0.1, -0.05) is 62.8 Å². The van der Waals surface area contributed by atoms with E-state index in [1.165, 1.54) is 25.7 Å². The minimum atomic E-state index is -0.351. The summed E-state index contributed by atoms with van der Waals surface area (Å²) in [6.07, 6.45) is 11.4. The first kappa shape index (κ1) is 20.7. The summed E-state index contributed by atoms with van der Waals surface area (Å²) >= 11 is 1.67. The van der Waals surface area contributed by atoms with Gasteiger partial charge < -0.3 is 10.2 Å². The number of benzene rings is 1. The number of amides is 2. The number of fused-ring (bicyclic) bond motifs is 1. The number of hydrogen-bond acceptors (Lipinski definition) is 3. The molecule has 2 heterocycles. The maximum Gasteiger partial charge on any atom is 0.254 e. The van der Waals surface area contributed by atoms with E-state index in [4.69, 9.17) is 0 Å². The van der Waals surface area contributed by atoms with E-state index in [0.717, 1.165) is 49.0 Å². The zero-order valence-electron chi connectivity index (χ0n) is 18.1. The summed E-state index contributed by atoms with van der Waals surface area (Å²) in [6, 6.07) is 12.2. The SMILES string of the molecule is O=C(NC1CCCCCC1)[C@@H]1c2ccccc2C(=O)N(C2CCCC2)[C@H]1c1cccs1. The van der Waals surface area contributed by atoms with Crippen molar-refractivity contribution in [2.24, 2.45) is 0 Å². The summed E-state index contributed by atoms with van der Waals surface area (Å²) in [5.74, 6) is -0.163. The van der Waals surface area contributed by atoms with Crippen LogP contribution in [0.1, 0.15) is 97.0 Å².